The maximum absolute atomic E-state index is 12.4. The molecule has 2 atom stereocenters. The van der Waals surface area contributed by atoms with Gasteiger partial charge in [-0.15, -0.1) is 0 Å². The van der Waals surface area contributed by atoms with Gasteiger partial charge in [0.15, 0.2) is 0 Å². The summed E-state index contributed by atoms with van der Waals surface area (Å²) in [4.78, 5) is 25.8. The van der Waals surface area contributed by atoms with E-state index in [-0.39, 0.29) is 18.0 Å². The molecule has 0 aliphatic carbocycles. The number of amides is 3. The lowest BCUT2D eigenvalue weighted by molar-refractivity contribution is -0.124. The zero-order valence-electron chi connectivity index (χ0n) is 12.8. The van der Waals surface area contributed by atoms with Gasteiger partial charge in [0, 0.05) is 13.1 Å². The first kappa shape index (κ1) is 15.8. The topological polar surface area (TPSA) is 85.2 Å². The maximum atomic E-state index is 12.4. The summed E-state index contributed by atoms with van der Waals surface area (Å²) in [6, 6.07) is 8.23. The molecule has 1 fully saturated rings. The Bertz CT molecular complexity index is 608. The normalized spacial score (nSPS) is 19.6. The number of hydrogen-bond donors (Lipinski definition) is 2. The van der Waals surface area contributed by atoms with E-state index >= 15 is 0 Å². The first-order valence-corrected chi connectivity index (χ1v) is 7.38. The van der Waals surface area contributed by atoms with Crippen LogP contribution in [0.3, 0.4) is 0 Å². The van der Waals surface area contributed by atoms with Gasteiger partial charge in [-0.05, 0) is 38.0 Å². The molecule has 1 aliphatic heterocycles. The Morgan fingerprint density at radius 1 is 1.55 bits per heavy atom. The highest BCUT2D eigenvalue weighted by Crippen LogP contribution is 2.15. The van der Waals surface area contributed by atoms with Gasteiger partial charge >= 0.3 is 6.03 Å². The predicted octanol–water partition coefficient (Wildman–Crippen LogP) is 1.54. The number of carbonyl (C=O) groups is 2. The highest BCUT2D eigenvalue weighted by molar-refractivity contribution is 5.87. The molecule has 0 bridgehead atoms. The smallest absolute Gasteiger partial charge is 0.318 e. The highest BCUT2D eigenvalue weighted by Gasteiger charge is 2.28. The number of nitrogens with one attached hydrogen (secondary N) is 2. The van der Waals surface area contributed by atoms with E-state index in [0.29, 0.717) is 18.7 Å². The van der Waals surface area contributed by atoms with Gasteiger partial charge < -0.3 is 15.5 Å². The van der Waals surface area contributed by atoms with E-state index in [9.17, 15) is 9.59 Å². The largest absolute Gasteiger partial charge is 0.354 e. The van der Waals surface area contributed by atoms with Gasteiger partial charge in [-0.1, -0.05) is 12.1 Å². The Balaban J connectivity index is 2.06. The summed E-state index contributed by atoms with van der Waals surface area (Å²) in [6.45, 7) is 4.71. The van der Waals surface area contributed by atoms with Crippen molar-refractivity contribution in [3.05, 3.63) is 35.4 Å². The van der Waals surface area contributed by atoms with Crippen molar-refractivity contribution in [2.24, 2.45) is 0 Å². The summed E-state index contributed by atoms with van der Waals surface area (Å²) < 4.78 is 0. The Kier molecular flexibility index (Phi) is 4.99. The van der Waals surface area contributed by atoms with Crippen molar-refractivity contribution in [1.29, 1.82) is 5.26 Å². The summed E-state index contributed by atoms with van der Waals surface area (Å²) in [7, 11) is 0. The fraction of sp³-hybridized carbons (Fsp3) is 0.438. The molecular weight excluding hydrogens is 280 g/mol. The van der Waals surface area contributed by atoms with Gasteiger partial charge in [-0.25, -0.2) is 4.79 Å². The molecule has 0 aromatic heterocycles. The molecular formula is C16H20N4O2. The van der Waals surface area contributed by atoms with Crippen LogP contribution in [0.5, 0.6) is 0 Å². The van der Waals surface area contributed by atoms with Crippen molar-refractivity contribution in [2.45, 2.75) is 32.4 Å². The minimum Gasteiger partial charge on any atom is -0.354 e. The standard InChI is InChI=1S/C16H20N4O2/c1-11(14-6-3-5-13(9-14)10-17)19-16(22)20-8-4-7-18-15(21)12(20)2/h3,5-6,9,11-12H,4,7-8H2,1-2H3,(H,18,21)(H,19,22)/t11-,12+/m0/s1. The minimum absolute atomic E-state index is 0.133. The molecule has 1 aliphatic rings. The van der Waals surface area contributed by atoms with Crippen LogP contribution >= 0.6 is 0 Å². The predicted molar refractivity (Wildman–Crippen MR) is 81.9 cm³/mol. The number of urea groups is 1. The fourth-order valence-electron chi connectivity index (χ4n) is 2.45. The molecule has 6 nitrogen and oxygen atoms in total. The molecule has 0 unspecified atom stereocenters. The molecule has 1 aromatic carbocycles. The second-order valence-electron chi connectivity index (χ2n) is 5.42. The lowest BCUT2D eigenvalue weighted by Crippen LogP contribution is -2.49. The van der Waals surface area contributed by atoms with Crippen LogP contribution in [-0.2, 0) is 4.79 Å². The van der Waals surface area contributed by atoms with E-state index in [0.717, 1.165) is 12.0 Å². The Morgan fingerprint density at radius 2 is 2.32 bits per heavy atom. The van der Waals surface area contributed by atoms with Gasteiger partial charge in [-0.2, -0.15) is 5.26 Å². The van der Waals surface area contributed by atoms with Crippen LogP contribution in [0.4, 0.5) is 4.79 Å². The lowest BCUT2D eigenvalue weighted by atomic mass is 10.1. The van der Waals surface area contributed by atoms with Crippen molar-refractivity contribution in [2.75, 3.05) is 13.1 Å². The lowest BCUT2D eigenvalue weighted by Gasteiger charge is -2.27. The molecule has 116 valence electrons. The van der Waals surface area contributed by atoms with E-state index in [1.807, 2.05) is 13.0 Å². The van der Waals surface area contributed by atoms with Crippen LogP contribution in [0.1, 0.15) is 37.4 Å². The quantitative estimate of drug-likeness (QED) is 0.868. The average Bonchev–Trinajstić information content (AvgIpc) is 2.69. The Hall–Kier alpha value is -2.55. The molecule has 0 spiro atoms. The number of hydrogen-bond acceptors (Lipinski definition) is 3. The van der Waals surface area contributed by atoms with Crippen LogP contribution in [0.25, 0.3) is 0 Å². The van der Waals surface area contributed by atoms with E-state index in [1.54, 1.807) is 30.0 Å². The summed E-state index contributed by atoms with van der Waals surface area (Å²) in [5.41, 5.74) is 1.42. The van der Waals surface area contributed by atoms with E-state index in [2.05, 4.69) is 16.7 Å². The van der Waals surface area contributed by atoms with Gasteiger partial charge in [0.1, 0.15) is 6.04 Å². The van der Waals surface area contributed by atoms with Gasteiger partial charge in [0.25, 0.3) is 0 Å². The molecule has 0 radical (unpaired) electrons. The summed E-state index contributed by atoms with van der Waals surface area (Å²) in [5, 5.41) is 14.6. The van der Waals surface area contributed by atoms with Crippen molar-refractivity contribution in [1.82, 2.24) is 15.5 Å². The molecule has 6 heteroatoms. The molecule has 1 saturated heterocycles. The molecule has 1 aromatic rings. The van der Waals surface area contributed by atoms with Crippen LogP contribution in [0.15, 0.2) is 24.3 Å². The van der Waals surface area contributed by atoms with Crippen molar-refractivity contribution < 1.29 is 9.59 Å². The van der Waals surface area contributed by atoms with Crippen LogP contribution < -0.4 is 10.6 Å². The maximum Gasteiger partial charge on any atom is 0.318 e. The third-order valence-electron chi connectivity index (χ3n) is 3.84. The van der Waals surface area contributed by atoms with E-state index < -0.39 is 6.04 Å². The monoisotopic (exact) mass is 300 g/mol. The Morgan fingerprint density at radius 3 is 3.05 bits per heavy atom. The van der Waals surface area contributed by atoms with Crippen molar-refractivity contribution >= 4 is 11.9 Å². The Labute approximate surface area is 130 Å². The van der Waals surface area contributed by atoms with E-state index in [1.165, 1.54) is 0 Å². The second kappa shape index (κ2) is 6.94. The molecule has 2 rings (SSSR count). The number of rotatable bonds is 2. The van der Waals surface area contributed by atoms with Crippen molar-refractivity contribution in [3.63, 3.8) is 0 Å². The first-order chi connectivity index (χ1) is 10.5. The summed E-state index contributed by atoms with van der Waals surface area (Å²) in [5.74, 6) is -0.133. The number of benzene rings is 1. The van der Waals surface area contributed by atoms with Crippen LogP contribution in [0, 0.1) is 11.3 Å². The third-order valence-corrected chi connectivity index (χ3v) is 3.84. The van der Waals surface area contributed by atoms with E-state index in [4.69, 9.17) is 5.26 Å². The minimum atomic E-state index is -0.486. The first-order valence-electron chi connectivity index (χ1n) is 7.38. The fourth-order valence-corrected chi connectivity index (χ4v) is 2.45. The molecule has 2 N–H and O–H groups in total. The number of carbonyl (C=O) groups excluding carboxylic acids is 2. The average molecular weight is 300 g/mol. The molecule has 3 amide bonds. The zero-order chi connectivity index (χ0) is 16.1. The van der Waals surface area contributed by atoms with Gasteiger partial charge in [-0.3, -0.25) is 4.79 Å². The SMILES string of the molecule is C[C@H](NC(=O)N1CCCNC(=O)[C@H]1C)c1cccc(C#N)c1. The number of nitrogens with zero attached hydrogens (tertiary/aromatic N) is 2. The van der Waals surface area contributed by atoms with Crippen LogP contribution in [0.2, 0.25) is 0 Å². The van der Waals surface area contributed by atoms with Crippen LogP contribution in [-0.4, -0.2) is 36.0 Å². The van der Waals surface area contributed by atoms with Crippen molar-refractivity contribution in [3.8, 4) is 6.07 Å². The summed E-state index contributed by atoms with van der Waals surface area (Å²) in [6.07, 6.45) is 0.738. The highest BCUT2D eigenvalue weighted by atomic mass is 16.2. The van der Waals surface area contributed by atoms with Gasteiger partial charge in [0.05, 0.1) is 17.7 Å². The number of nitriles is 1. The molecule has 22 heavy (non-hydrogen) atoms. The molecule has 0 saturated carbocycles. The van der Waals surface area contributed by atoms with Gasteiger partial charge in [0.2, 0.25) is 5.91 Å². The second-order valence-corrected chi connectivity index (χ2v) is 5.42. The third kappa shape index (κ3) is 3.55. The zero-order valence-corrected chi connectivity index (χ0v) is 12.8. The summed E-state index contributed by atoms with van der Waals surface area (Å²) >= 11 is 0. The molecule has 1 heterocycles.